The van der Waals surface area contributed by atoms with Gasteiger partial charge in [-0.2, -0.15) is 8.78 Å². The normalized spacial score (nSPS) is 17.2. The molecule has 0 aliphatic carbocycles. The molecule has 0 radical (unpaired) electrons. The minimum absolute atomic E-state index is 0.0319. The summed E-state index contributed by atoms with van der Waals surface area (Å²) in [6.07, 6.45) is -2.95. The molecule has 0 spiro atoms. The third-order valence-electron chi connectivity index (χ3n) is 3.67. The minimum atomic E-state index is -4.11. The molecule has 1 atom stereocenters. The lowest BCUT2D eigenvalue weighted by atomic mass is 10.1. The fraction of sp³-hybridized carbons (Fsp3) is 0.250. The average molecular weight is 338 g/mol. The van der Waals surface area contributed by atoms with Gasteiger partial charge in [0.1, 0.15) is 5.82 Å². The Morgan fingerprint density at radius 3 is 2.79 bits per heavy atom. The van der Waals surface area contributed by atoms with Crippen molar-refractivity contribution >= 4 is 11.6 Å². The number of benzene rings is 1. The summed E-state index contributed by atoms with van der Waals surface area (Å²) in [6, 6.07) is 5.61. The lowest BCUT2D eigenvalue weighted by Gasteiger charge is -2.35. The number of carbonyl (C=O) groups excluding carboxylic acids is 1. The molecule has 126 valence electrons. The molecule has 1 unspecified atom stereocenters. The molecule has 0 bridgehead atoms. The van der Waals surface area contributed by atoms with E-state index in [1.54, 1.807) is 0 Å². The van der Waals surface area contributed by atoms with Crippen molar-refractivity contribution in [2.75, 3.05) is 4.90 Å². The molecule has 1 aromatic heterocycles. The summed E-state index contributed by atoms with van der Waals surface area (Å²) in [4.78, 5) is 16.4. The summed E-state index contributed by atoms with van der Waals surface area (Å²) in [7, 11) is 0. The quantitative estimate of drug-likeness (QED) is 0.935. The number of carbonyl (C=O) groups is 1. The highest BCUT2D eigenvalue weighted by atomic mass is 19.3. The number of halogens is 3. The Balaban J connectivity index is 2.11. The van der Waals surface area contributed by atoms with Crippen LogP contribution in [0.1, 0.15) is 24.2 Å². The maximum atomic E-state index is 14.0. The first kappa shape index (κ1) is 16.3. The third kappa shape index (κ3) is 2.69. The second-order valence-corrected chi connectivity index (χ2v) is 5.35. The maximum absolute atomic E-state index is 14.0. The summed E-state index contributed by atoms with van der Waals surface area (Å²) in [6.45, 7) is 0.975. The molecule has 1 N–H and O–H groups in total. The number of rotatable bonds is 3. The summed E-state index contributed by atoms with van der Waals surface area (Å²) >= 11 is 0. The standard InChI is InChI=1S/C16H13F3N2O3/c1-9(22)11-3-2-4-13-14(11)24-16(18,19)15(23)21(13)8-10-5-6-20-7-12(10)17/h2-7,9,22H,8H2,1H3. The number of hydrogen-bond donors (Lipinski definition) is 1. The Labute approximate surface area is 135 Å². The van der Waals surface area contributed by atoms with Gasteiger partial charge in [-0.05, 0) is 19.1 Å². The van der Waals surface area contributed by atoms with E-state index in [9.17, 15) is 23.1 Å². The number of aliphatic hydroxyl groups excluding tert-OH is 1. The van der Waals surface area contributed by atoms with Gasteiger partial charge in [0.2, 0.25) is 0 Å². The van der Waals surface area contributed by atoms with Crippen LogP contribution in [0.5, 0.6) is 5.75 Å². The molecule has 5 nitrogen and oxygen atoms in total. The molecule has 8 heteroatoms. The largest absolute Gasteiger partial charge is 0.483 e. The van der Waals surface area contributed by atoms with Crippen LogP contribution >= 0.6 is 0 Å². The summed E-state index contributed by atoms with van der Waals surface area (Å²) in [5, 5.41) is 9.74. The van der Waals surface area contributed by atoms with Crippen LogP contribution in [0.4, 0.5) is 18.9 Å². The molecule has 2 heterocycles. The third-order valence-corrected chi connectivity index (χ3v) is 3.67. The van der Waals surface area contributed by atoms with Gasteiger partial charge in [0.05, 0.1) is 24.5 Å². The van der Waals surface area contributed by atoms with Gasteiger partial charge in [-0.1, -0.05) is 12.1 Å². The summed E-state index contributed by atoms with van der Waals surface area (Å²) < 4.78 is 46.3. The van der Waals surface area contributed by atoms with Crippen LogP contribution in [0.2, 0.25) is 0 Å². The van der Waals surface area contributed by atoms with Crippen LogP contribution in [0.3, 0.4) is 0 Å². The Morgan fingerprint density at radius 2 is 2.12 bits per heavy atom. The molecule has 2 aromatic rings. The molecule has 1 aliphatic heterocycles. The van der Waals surface area contributed by atoms with E-state index in [1.807, 2.05) is 0 Å². The van der Waals surface area contributed by atoms with Crippen molar-refractivity contribution < 1.29 is 27.8 Å². The van der Waals surface area contributed by atoms with Crippen LogP contribution in [0.15, 0.2) is 36.7 Å². The van der Waals surface area contributed by atoms with Gasteiger partial charge in [0.25, 0.3) is 0 Å². The van der Waals surface area contributed by atoms with Crippen molar-refractivity contribution in [1.82, 2.24) is 4.98 Å². The maximum Gasteiger partial charge on any atom is 0.483 e. The van der Waals surface area contributed by atoms with Gasteiger partial charge >= 0.3 is 12.0 Å². The number of ether oxygens (including phenoxy) is 1. The van der Waals surface area contributed by atoms with Crippen LogP contribution in [0.25, 0.3) is 0 Å². The molecule has 0 fully saturated rings. The molecular formula is C16H13F3N2O3. The van der Waals surface area contributed by atoms with Gasteiger partial charge in [0.15, 0.2) is 5.75 Å². The number of hydrogen-bond acceptors (Lipinski definition) is 4. The van der Waals surface area contributed by atoms with Crippen molar-refractivity contribution in [2.24, 2.45) is 0 Å². The highest BCUT2D eigenvalue weighted by Gasteiger charge is 2.51. The van der Waals surface area contributed by atoms with E-state index in [0.717, 1.165) is 11.1 Å². The highest BCUT2D eigenvalue weighted by Crippen LogP contribution is 2.44. The van der Waals surface area contributed by atoms with E-state index in [2.05, 4.69) is 9.72 Å². The summed E-state index contributed by atoms with van der Waals surface area (Å²) in [5.74, 6) is -2.62. The first-order valence-corrected chi connectivity index (χ1v) is 7.09. The number of aromatic nitrogens is 1. The van der Waals surface area contributed by atoms with Crippen LogP contribution < -0.4 is 9.64 Å². The smallest absolute Gasteiger partial charge is 0.423 e. The molecule has 1 amide bonds. The molecule has 0 saturated carbocycles. The second kappa shape index (κ2) is 5.79. The Morgan fingerprint density at radius 1 is 1.38 bits per heavy atom. The van der Waals surface area contributed by atoms with E-state index in [0.29, 0.717) is 0 Å². The number of anilines is 1. The fourth-order valence-electron chi connectivity index (χ4n) is 2.49. The number of nitrogens with zero attached hydrogens (tertiary/aromatic N) is 2. The highest BCUT2D eigenvalue weighted by molar-refractivity contribution is 6.01. The number of pyridine rings is 1. The number of para-hydroxylation sites is 1. The molecule has 0 saturated heterocycles. The Kier molecular flexibility index (Phi) is 3.92. The van der Waals surface area contributed by atoms with Crippen molar-refractivity contribution in [3.05, 3.63) is 53.6 Å². The van der Waals surface area contributed by atoms with Crippen molar-refractivity contribution in [2.45, 2.75) is 25.7 Å². The predicted molar refractivity (Wildman–Crippen MR) is 78.0 cm³/mol. The van der Waals surface area contributed by atoms with E-state index in [-0.39, 0.29) is 22.6 Å². The second-order valence-electron chi connectivity index (χ2n) is 5.35. The van der Waals surface area contributed by atoms with Crippen LogP contribution in [-0.2, 0) is 11.3 Å². The number of fused-ring (bicyclic) bond motifs is 1. The number of alkyl halides is 2. The molecule has 3 rings (SSSR count). The topological polar surface area (TPSA) is 62.7 Å². The molecular weight excluding hydrogens is 325 g/mol. The van der Waals surface area contributed by atoms with Gasteiger partial charge in [0, 0.05) is 17.3 Å². The van der Waals surface area contributed by atoms with Gasteiger partial charge in [-0.25, -0.2) is 4.39 Å². The van der Waals surface area contributed by atoms with E-state index >= 15 is 0 Å². The zero-order valence-electron chi connectivity index (χ0n) is 12.5. The first-order valence-electron chi connectivity index (χ1n) is 7.09. The molecule has 1 aromatic carbocycles. The van der Waals surface area contributed by atoms with Crippen LogP contribution in [0, 0.1) is 5.82 Å². The Hall–Kier alpha value is -2.61. The van der Waals surface area contributed by atoms with E-state index in [4.69, 9.17) is 0 Å². The van der Waals surface area contributed by atoms with E-state index in [1.165, 1.54) is 37.4 Å². The minimum Gasteiger partial charge on any atom is -0.423 e. The van der Waals surface area contributed by atoms with Gasteiger partial charge in [-0.3, -0.25) is 14.7 Å². The average Bonchev–Trinajstić information content (AvgIpc) is 2.52. The lowest BCUT2D eigenvalue weighted by molar-refractivity contribution is -0.193. The number of amides is 1. The SMILES string of the molecule is CC(O)c1cccc2c1OC(F)(F)C(=O)N2Cc1ccncc1F. The fourth-order valence-corrected chi connectivity index (χ4v) is 2.49. The van der Waals surface area contributed by atoms with Gasteiger partial charge < -0.3 is 9.84 Å². The zero-order valence-corrected chi connectivity index (χ0v) is 12.5. The first-order chi connectivity index (χ1) is 11.3. The monoisotopic (exact) mass is 338 g/mol. The van der Waals surface area contributed by atoms with Crippen LogP contribution in [-0.4, -0.2) is 22.1 Å². The molecule has 24 heavy (non-hydrogen) atoms. The van der Waals surface area contributed by atoms with Crippen molar-refractivity contribution in [3.63, 3.8) is 0 Å². The predicted octanol–water partition coefficient (Wildman–Crippen LogP) is 2.79. The summed E-state index contributed by atoms with van der Waals surface area (Å²) in [5.41, 5.74) is 0.185. The van der Waals surface area contributed by atoms with Crippen molar-refractivity contribution in [3.8, 4) is 5.75 Å². The van der Waals surface area contributed by atoms with Crippen molar-refractivity contribution in [1.29, 1.82) is 0 Å². The number of aliphatic hydroxyl groups is 1. The van der Waals surface area contributed by atoms with E-state index < -0.39 is 30.5 Å². The Bertz CT molecular complexity index is 796. The van der Waals surface area contributed by atoms with Gasteiger partial charge in [-0.15, -0.1) is 0 Å². The molecule has 1 aliphatic rings. The lowest BCUT2D eigenvalue weighted by Crippen LogP contribution is -2.50. The zero-order chi connectivity index (χ0) is 17.5.